The first-order valence-corrected chi connectivity index (χ1v) is 5.53. The number of ketones is 1. The molecule has 1 aromatic carbocycles. The van der Waals surface area contributed by atoms with Crippen LogP contribution in [0, 0.1) is 0 Å². The maximum atomic E-state index is 10.6. The molecule has 0 aliphatic rings. The fourth-order valence-electron chi connectivity index (χ4n) is 0.702. The Morgan fingerprint density at radius 3 is 2.55 bits per heavy atom. The maximum absolute atomic E-state index is 10.6. The van der Waals surface area contributed by atoms with Gasteiger partial charge in [0.15, 0.2) is 0 Å². The standard InChI is InChI=1S/C9H10OSe/c1-8(10)7-11-9-5-3-2-4-6-9/h2-6H,7H2,1H3. The van der Waals surface area contributed by atoms with E-state index in [2.05, 4.69) is 12.1 Å². The molecular formula is C9H10OSe. The van der Waals surface area contributed by atoms with Gasteiger partial charge in [0, 0.05) is 0 Å². The molecule has 0 heterocycles. The van der Waals surface area contributed by atoms with Gasteiger partial charge < -0.3 is 0 Å². The van der Waals surface area contributed by atoms with Gasteiger partial charge in [-0.2, -0.15) is 0 Å². The molecule has 11 heavy (non-hydrogen) atoms. The van der Waals surface area contributed by atoms with Crippen LogP contribution in [-0.2, 0) is 4.79 Å². The van der Waals surface area contributed by atoms with Crippen molar-refractivity contribution < 1.29 is 4.79 Å². The Morgan fingerprint density at radius 1 is 1.36 bits per heavy atom. The van der Waals surface area contributed by atoms with Gasteiger partial charge in [0.25, 0.3) is 0 Å². The first kappa shape index (κ1) is 8.51. The molecule has 0 atom stereocenters. The second-order valence-corrected chi connectivity index (χ2v) is 4.50. The molecule has 1 aromatic rings. The Balaban J connectivity index is 2.45. The average Bonchev–Trinajstić information content (AvgIpc) is 2.03. The topological polar surface area (TPSA) is 17.1 Å². The Kier molecular flexibility index (Phi) is 3.34. The van der Waals surface area contributed by atoms with Gasteiger partial charge in [0.2, 0.25) is 0 Å². The third-order valence-corrected chi connectivity index (χ3v) is 3.61. The zero-order valence-electron chi connectivity index (χ0n) is 6.41. The molecule has 0 radical (unpaired) electrons. The van der Waals surface area contributed by atoms with Gasteiger partial charge >= 0.3 is 72.6 Å². The van der Waals surface area contributed by atoms with Gasteiger partial charge in [-0.05, 0) is 0 Å². The molecule has 2 heteroatoms. The van der Waals surface area contributed by atoms with Gasteiger partial charge in [-0.25, -0.2) is 0 Å². The fourth-order valence-corrected chi connectivity index (χ4v) is 2.21. The monoisotopic (exact) mass is 214 g/mol. The molecule has 1 rings (SSSR count). The van der Waals surface area contributed by atoms with E-state index in [-0.39, 0.29) is 5.78 Å². The minimum atomic E-state index is 0.286. The predicted molar refractivity (Wildman–Crippen MR) is 47.3 cm³/mol. The Hall–Kier alpha value is -0.591. The van der Waals surface area contributed by atoms with Crippen molar-refractivity contribution in [3.63, 3.8) is 0 Å². The van der Waals surface area contributed by atoms with Crippen molar-refractivity contribution in [2.45, 2.75) is 12.2 Å². The number of rotatable bonds is 3. The minimum absolute atomic E-state index is 0.286. The summed E-state index contributed by atoms with van der Waals surface area (Å²) in [6, 6.07) is 10.2. The van der Waals surface area contributed by atoms with E-state index in [1.807, 2.05) is 18.2 Å². The number of Topliss-reactive ketones (excluding diaryl/α,β-unsaturated/α-hetero) is 1. The summed E-state index contributed by atoms with van der Waals surface area (Å²) < 4.78 is 1.30. The summed E-state index contributed by atoms with van der Waals surface area (Å²) >= 11 is 0.340. The zero-order valence-corrected chi connectivity index (χ0v) is 8.12. The molecule has 0 N–H and O–H groups in total. The van der Waals surface area contributed by atoms with E-state index < -0.39 is 0 Å². The summed E-state index contributed by atoms with van der Waals surface area (Å²) in [5, 5.41) is 0.719. The van der Waals surface area contributed by atoms with Gasteiger partial charge in [0.05, 0.1) is 0 Å². The molecule has 58 valence electrons. The molecule has 0 fully saturated rings. The van der Waals surface area contributed by atoms with Crippen LogP contribution in [0.15, 0.2) is 30.3 Å². The summed E-state index contributed by atoms with van der Waals surface area (Å²) in [7, 11) is 0. The van der Waals surface area contributed by atoms with E-state index in [0.29, 0.717) is 15.0 Å². The molecular weight excluding hydrogens is 203 g/mol. The van der Waals surface area contributed by atoms with E-state index in [9.17, 15) is 4.79 Å². The zero-order chi connectivity index (χ0) is 8.10. The number of hydrogen-bond donors (Lipinski definition) is 0. The average molecular weight is 213 g/mol. The van der Waals surface area contributed by atoms with Gasteiger partial charge in [-0.15, -0.1) is 0 Å². The summed E-state index contributed by atoms with van der Waals surface area (Å²) in [5.41, 5.74) is 0. The van der Waals surface area contributed by atoms with E-state index in [0.717, 1.165) is 5.32 Å². The molecule has 0 bridgehead atoms. The van der Waals surface area contributed by atoms with Crippen LogP contribution in [0.5, 0.6) is 0 Å². The number of benzene rings is 1. The van der Waals surface area contributed by atoms with E-state index >= 15 is 0 Å². The number of hydrogen-bond acceptors (Lipinski definition) is 1. The SMILES string of the molecule is CC(=O)C[Se]c1ccccc1. The van der Waals surface area contributed by atoms with Crippen LogP contribution in [0.1, 0.15) is 6.92 Å². The first-order valence-electron chi connectivity index (χ1n) is 3.46. The van der Waals surface area contributed by atoms with Crippen molar-refractivity contribution >= 4 is 25.2 Å². The van der Waals surface area contributed by atoms with Crippen LogP contribution in [0.25, 0.3) is 0 Å². The second kappa shape index (κ2) is 4.32. The third kappa shape index (κ3) is 3.35. The molecule has 0 unspecified atom stereocenters. The van der Waals surface area contributed by atoms with Gasteiger partial charge in [-0.1, -0.05) is 0 Å². The van der Waals surface area contributed by atoms with Crippen molar-refractivity contribution in [1.82, 2.24) is 0 Å². The fraction of sp³-hybridized carbons (Fsp3) is 0.222. The van der Waals surface area contributed by atoms with Crippen molar-refractivity contribution in [1.29, 1.82) is 0 Å². The summed E-state index contributed by atoms with van der Waals surface area (Å²) in [6.45, 7) is 1.64. The summed E-state index contributed by atoms with van der Waals surface area (Å²) in [4.78, 5) is 10.6. The van der Waals surface area contributed by atoms with E-state index in [1.165, 1.54) is 4.46 Å². The van der Waals surface area contributed by atoms with Crippen LogP contribution < -0.4 is 4.46 Å². The molecule has 1 nitrogen and oxygen atoms in total. The van der Waals surface area contributed by atoms with Crippen molar-refractivity contribution in [2.75, 3.05) is 0 Å². The Morgan fingerprint density at radius 2 is 2.00 bits per heavy atom. The van der Waals surface area contributed by atoms with Crippen LogP contribution in [0.4, 0.5) is 0 Å². The number of carbonyl (C=O) groups excluding carboxylic acids is 1. The molecule has 0 spiro atoms. The van der Waals surface area contributed by atoms with Crippen LogP contribution in [-0.4, -0.2) is 20.7 Å². The Labute approximate surface area is 73.0 Å². The predicted octanol–water partition coefficient (Wildman–Crippen LogP) is 1.02. The van der Waals surface area contributed by atoms with Crippen LogP contribution in [0.2, 0.25) is 5.32 Å². The number of carbonyl (C=O) groups is 1. The first-order chi connectivity index (χ1) is 5.29. The third-order valence-electron chi connectivity index (χ3n) is 1.19. The molecule has 0 saturated carbocycles. The normalized spacial score (nSPS) is 9.55. The quantitative estimate of drug-likeness (QED) is 0.685. The van der Waals surface area contributed by atoms with E-state index in [4.69, 9.17) is 0 Å². The van der Waals surface area contributed by atoms with E-state index in [1.54, 1.807) is 6.92 Å². The van der Waals surface area contributed by atoms with Crippen LogP contribution >= 0.6 is 0 Å². The van der Waals surface area contributed by atoms with Crippen molar-refractivity contribution in [3.8, 4) is 0 Å². The van der Waals surface area contributed by atoms with Gasteiger partial charge in [0.1, 0.15) is 0 Å². The summed E-state index contributed by atoms with van der Waals surface area (Å²) in [5.74, 6) is 0.286. The molecule has 0 amide bonds. The molecule has 0 aliphatic carbocycles. The Bertz CT molecular complexity index is 231. The van der Waals surface area contributed by atoms with Crippen molar-refractivity contribution in [3.05, 3.63) is 30.3 Å². The van der Waals surface area contributed by atoms with Gasteiger partial charge in [-0.3, -0.25) is 0 Å². The second-order valence-electron chi connectivity index (χ2n) is 2.30. The van der Waals surface area contributed by atoms with Crippen molar-refractivity contribution in [2.24, 2.45) is 0 Å². The van der Waals surface area contributed by atoms with Crippen LogP contribution in [0.3, 0.4) is 0 Å². The molecule has 0 aliphatic heterocycles. The molecule has 0 aromatic heterocycles. The summed E-state index contributed by atoms with van der Waals surface area (Å²) in [6.07, 6.45) is 0. The molecule has 0 saturated heterocycles.